The fourth-order valence-electron chi connectivity index (χ4n) is 3.78. The second-order valence-corrected chi connectivity index (χ2v) is 7.88. The zero-order valence-corrected chi connectivity index (χ0v) is 17.4. The molecular formula is C26H28N2O. The van der Waals surface area contributed by atoms with E-state index in [0.29, 0.717) is 12.5 Å². The lowest BCUT2D eigenvalue weighted by atomic mass is 10.0. The molecule has 1 heterocycles. The molecule has 29 heavy (non-hydrogen) atoms. The van der Waals surface area contributed by atoms with Gasteiger partial charge in [-0.05, 0) is 47.7 Å². The van der Waals surface area contributed by atoms with Gasteiger partial charge in [0.05, 0.1) is 17.6 Å². The van der Waals surface area contributed by atoms with Gasteiger partial charge in [-0.15, -0.1) is 0 Å². The lowest BCUT2D eigenvalue weighted by Gasteiger charge is -2.16. The molecule has 0 saturated heterocycles. The van der Waals surface area contributed by atoms with Crippen LogP contribution in [-0.4, -0.2) is 16.2 Å². The van der Waals surface area contributed by atoms with E-state index in [1.54, 1.807) is 0 Å². The van der Waals surface area contributed by atoms with E-state index in [9.17, 15) is 0 Å². The largest absolute Gasteiger partial charge is 0.491 e. The normalized spacial score (nSPS) is 11.3. The quantitative estimate of drug-likeness (QED) is 0.383. The Morgan fingerprint density at radius 1 is 0.931 bits per heavy atom. The van der Waals surface area contributed by atoms with Crippen molar-refractivity contribution in [3.63, 3.8) is 0 Å². The number of hydrogen-bond donors (Lipinski definition) is 0. The molecule has 0 aliphatic rings. The van der Waals surface area contributed by atoms with Crippen molar-refractivity contribution in [2.24, 2.45) is 0 Å². The monoisotopic (exact) mass is 384 g/mol. The number of para-hydroxylation sites is 2. The number of aromatic nitrogens is 2. The minimum absolute atomic E-state index is 0.438. The van der Waals surface area contributed by atoms with Crippen LogP contribution in [0.4, 0.5) is 0 Å². The summed E-state index contributed by atoms with van der Waals surface area (Å²) in [4.78, 5) is 4.90. The van der Waals surface area contributed by atoms with Gasteiger partial charge in [0.15, 0.2) is 0 Å². The van der Waals surface area contributed by atoms with Crippen LogP contribution in [0.25, 0.3) is 11.0 Å². The molecule has 0 spiro atoms. The maximum atomic E-state index is 6.26. The molecule has 0 atom stereocenters. The molecule has 0 aliphatic heterocycles. The Kier molecular flexibility index (Phi) is 5.66. The van der Waals surface area contributed by atoms with E-state index >= 15 is 0 Å². The van der Waals surface area contributed by atoms with Crippen LogP contribution in [0.15, 0.2) is 72.8 Å². The zero-order valence-electron chi connectivity index (χ0n) is 17.4. The molecule has 1 aromatic heterocycles. The molecular weight excluding hydrogens is 356 g/mol. The fourth-order valence-corrected chi connectivity index (χ4v) is 3.78. The van der Waals surface area contributed by atoms with Crippen LogP contribution >= 0.6 is 0 Å². The van der Waals surface area contributed by atoms with Crippen LogP contribution in [0.2, 0.25) is 0 Å². The van der Waals surface area contributed by atoms with Crippen LogP contribution < -0.4 is 4.74 Å². The second kappa shape index (κ2) is 8.52. The van der Waals surface area contributed by atoms with Crippen LogP contribution in [-0.2, 0) is 13.0 Å². The average molecular weight is 385 g/mol. The highest BCUT2D eigenvalue weighted by Crippen LogP contribution is 2.27. The van der Waals surface area contributed by atoms with Gasteiger partial charge in [-0.3, -0.25) is 0 Å². The molecule has 4 rings (SSSR count). The Hall–Kier alpha value is -3.07. The maximum absolute atomic E-state index is 6.26. The zero-order chi connectivity index (χ0) is 20.2. The summed E-state index contributed by atoms with van der Waals surface area (Å²) in [6.45, 7) is 7.91. The first-order valence-electron chi connectivity index (χ1n) is 10.3. The third-order valence-corrected chi connectivity index (χ3v) is 5.30. The molecule has 3 nitrogen and oxygen atoms in total. The SMILES string of the molecule is Cc1ccc(C(C)C)c(OCCn2c(Cc3ccccc3)nc3ccccc32)c1. The van der Waals surface area contributed by atoms with Gasteiger partial charge < -0.3 is 9.30 Å². The predicted octanol–water partition coefficient (Wildman–Crippen LogP) is 6.14. The molecule has 0 N–H and O–H groups in total. The van der Waals surface area contributed by atoms with Gasteiger partial charge in [-0.2, -0.15) is 0 Å². The van der Waals surface area contributed by atoms with Crippen molar-refractivity contribution < 1.29 is 4.74 Å². The molecule has 3 aromatic carbocycles. The van der Waals surface area contributed by atoms with E-state index in [4.69, 9.17) is 9.72 Å². The lowest BCUT2D eigenvalue weighted by molar-refractivity contribution is 0.294. The number of benzene rings is 3. The van der Waals surface area contributed by atoms with Gasteiger partial charge >= 0.3 is 0 Å². The second-order valence-electron chi connectivity index (χ2n) is 7.88. The van der Waals surface area contributed by atoms with E-state index in [-0.39, 0.29) is 0 Å². The molecule has 0 unspecified atom stereocenters. The topological polar surface area (TPSA) is 27.1 Å². The Labute approximate surface area is 173 Å². The van der Waals surface area contributed by atoms with Crippen molar-refractivity contribution in [1.82, 2.24) is 9.55 Å². The highest BCUT2D eigenvalue weighted by atomic mass is 16.5. The van der Waals surface area contributed by atoms with Crippen molar-refractivity contribution in [2.75, 3.05) is 6.61 Å². The van der Waals surface area contributed by atoms with Gasteiger partial charge in [-0.1, -0.05) is 68.4 Å². The van der Waals surface area contributed by atoms with Crippen LogP contribution in [0.3, 0.4) is 0 Å². The number of aryl methyl sites for hydroxylation is 1. The minimum atomic E-state index is 0.438. The summed E-state index contributed by atoms with van der Waals surface area (Å²) < 4.78 is 8.56. The molecule has 4 aromatic rings. The Morgan fingerprint density at radius 2 is 1.69 bits per heavy atom. The maximum Gasteiger partial charge on any atom is 0.123 e. The Balaban J connectivity index is 1.58. The third-order valence-electron chi connectivity index (χ3n) is 5.30. The van der Waals surface area contributed by atoms with E-state index in [2.05, 4.69) is 92.1 Å². The van der Waals surface area contributed by atoms with Gasteiger partial charge in [0, 0.05) is 6.42 Å². The predicted molar refractivity (Wildman–Crippen MR) is 120 cm³/mol. The van der Waals surface area contributed by atoms with Gasteiger partial charge in [0.1, 0.15) is 18.2 Å². The van der Waals surface area contributed by atoms with Gasteiger partial charge in [0.25, 0.3) is 0 Å². The molecule has 0 bridgehead atoms. The first-order chi connectivity index (χ1) is 14.1. The Bertz CT molecular complexity index is 1100. The van der Waals surface area contributed by atoms with Crippen LogP contribution in [0, 0.1) is 6.92 Å². The summed E-state index contributed by atoms with van der Waals surface area (Å²) in [5.41, 5.74) is 5.95. The number of ether oxygens (including phenoxy) is 1. The number of fused-ring (bicyclic) bond motifs is 1. The van der Waals surface area contributed by atoms with E-state index in [1.807, 2.05) is 6.07 Å². The van der Waals surface area contributed by atoms with Crippen LogP contribution in [0.1, 0.15) is 42.3 Å². The highest BCUT2D eigenvalue weighted by molar-refractivity contribution is 5.76. The first kappa shape index (κ1) is 19.3. The number of nitrogens with zero attached hydrogens (tertiary/aromatic N) is 2. The number of hydrogen-bond acceptors (Lipinski definition) is 2. The molecule has 0 radical (unpaired) electrons. The molecule has 0 aliphatic carbocycles. The van der Waals surface area contributed by atoms with Crippen LogP contribution in [0.5, 0.6) is 5.75 Å². The molecule has 3 heteroatoms. The average Bonchev–Trinajstić information content (AvgIpc) is 3.06. The van der Waals surface area contributed by atoms with Crippen molar-refractivity contribution in [1.29, 1.82) is 0 Å². The minimum Gasteiger partial charge on any atom is -0.491 e. The van der Waals surface area contributed by atoms with Gasteiger partial charge in [-0.25, -0.2) is 4.98 Å². The summed E-state index contributed by atoms with van der Waals surface area (Å²) >= 11 is 0. The summed E-state index contributed by atoms with van der Waals surface area (Å²) in [5.74, 6) is 2.51. The molecule has 0 saturated carbocycles. The summed E-state index contributed by atoms with van der Waals surface area (Å²) in [5, 5.41) is 0. The molecule has 0 amide bonds. The number of imidazole rings is 1. The van der Waals surface area contributed by atoms with Gasteiger partial charge in [0.2, 0.25) is 0 Å². The van der Waals surface area contributed by atoms with E-state index in [1.165, 1.54) is 16.7 Å². The fraction of sp³-hybridized carbons (Fsp3) is 0.269. The summed E-state index contributed by atoms with van der Waals surface area (Å²) in [6, 6.07) is 25.3. The van der Waals surface area contributed by atoms with Crippen molar-refractivity contribution in [3.05, 3.63) is 95.3 Å². The highest BCUT2D eigenvalue weighted by Gasteiger charge is 2.12. The molecule has 148 valence electrons. The van der Waals surface area contributed by atoms with Crippen molar-refractivity contribution in [2.45, 2.75) is 39.7 Å². The summed E-state index contributed by atoms with van der Waals surface area (Å²) in [6.07, 6.45) is 0.817. The standard InChI is InChI=1S/C26H28N2O/c1-19(2)22-14-13-20(3)17-25(22)29-16-15-28-24-12-8-7-11-23(24)27-26(28)18-21-9-5-4-6-10-21/h4-14,17,19H,15-16,18H2,1-3H3. The smallest absolute Gasteiger partial charge is 0.123 e. The third kappa shape index (κ3) is 4.34. The summed E-state index contributed by atoms with van der Waals surface area (Å²) in [7, 11) is 0. The Morgan fingerprint density at radius 3 is 2.48 bits per heavy atom. The number of rotatable bonds is 7. The molecule has 0 fully saturated rings. The van der Waals surface area contributed by atoms with Crippen molar-refractivity contribution >= 4 is 11.0 Å². The van der Waals surface area contributed by atoms with E-state index in [0.717, 1.165) is 35.6 Å². The van der Waals surface area contributed by atoms with Crippen molar-refractivity contribution in [3.8, 4) is 5.75 Å². The lowest BCUT2D eigenvalue weighted by Crippen LogP contribution is -2.12. The first-order valence-corrected chi connectivity index (χ1v) is 10.3. The van der Waals surface area contributed by atoms with E-state index < -0.39 is 0 Å².